The number of carbonyl (C=O) groups is 3. The average molecular weight is 457 g/mol. The van der Waals surface area contributed by atoms with Gasteiger partial charge in [0.2, 0.25) is 5.91 Å². The third-order valence-electron chi connectivity index (χ3n) is 5.75. The summed E-state index contributed by atoms with van der Waals surface area (Å²) in [4.78, 5) is 43.3. The molecule has 0 bridgehead atoms. The Balaban J connectivity index is 2.03. The maximum absolute atomic E-state index is 12.2. The number of aromatic nitrogens is 2. The van der Waals surface area contributed by atoms with Crippen LogP contribution in [-0.4, -0.2) is 51.6 Å². The first kappa shape index (κ1) is 24.4. The molecule has 10 heteroatoms. The van der Waals surface area contributed by atoms with E-state index in [0.29, 0.717) is 24.5 Å². The number of nitrogens with one attached hydrogen (secondary N) is 2. The molecule has 0 aliphatic carbocycles. The van der Waals surface area contributed by atoms with Crippen molar-refractivity contribution in [2.45, 2.75) is 65.0 Å². The Morgan fingerprint density at radius 3 is 2.67 bits per heavy atom. The van der Waals surface area contributed by atoms with E-state index < -0.39 is 17.8 Å². The Morgan fingerprint density at radius 2 is 2.03 bits per heavy atom. The van der Waals surface area contributed by atoms with Gasteiger partial charge in [0.05, 0.1) is 11.0 Å². The second kappa shape index (κ2) is 11.0. The van der Waals surface area contributed by atoms with Gasteiger partial charge < -0.3 is 26.0 Å². The Kier molecular flexibility index (Phi) is 8.16. The Bertz CT molecular complexity index is 1120. The van der Waals surface area contributed by atoms with Gasteiger partial charge in [0, 0.05) is 38.2 Å². The minimum absolute atomic E-state index is 0.0383. The molecule has 1 aromatic heterocycles. The molecule has 0 radical (unpaired) electrons. The number of primary amides is 1. The number of unbranched alkanes of at least 4 members (excludes halogenated alkanes) is 3. The third-order valence-corrected chi connectivity index (χ3v) is 5.75. The predicted molar refractivity (Wildman–Crippen MR) is 125 cm³/mol. The van der Waals surface area contributed by atoms with E-state index in [1.165, 1.54) is 6.92 Å². The van der Waals surface area contributed by atoms with Crippen LogP contribution in [0, 0.1) is 6.92 Å². The molecule has 10 nitrogen and oxygen atoms in total. The van der Waals surface area contributed by atoms with E-state index in [1.54, 1.807) is 0 Å². The molecule has 2 heterocycles. The van der Waals surface area contributed by atoms with E-state index in [0.717, 1.165) is 55.5 Å². The highest BCUT2D eigenvalue weighted by Gasteiger charge is 2.18. The fourth-order valence-corrected chi connectivity index (χ4v) is 4.11. The number of aryl methyl sites for hydroxylation is 2. The number of hydrogen-bond donors (Lipinski definition) is 4. The standard InChI is InChI=1S/C23H32N6O4/c1-14-11-18-19(12-17(14)27-16-8-9-25-13-16)29(10-6-4-3-5-7-20(31)32)23(26-15(2)30)21(28-18)22(24)33/h11-12,16,25,27H,3-10,13H2,1-2H3,(H2,24,33)(H,31,32)/t16-/m1/s1. The van der Waals surface area contributed by atoms with Crippen molar-refractivity contribution in [2.75, 3.05) is 18.4 Å². The normalized spacial score (nSPS) is 16.3. The fourth-order valence-electron chi connectivity index (χ4n) is 4.11. The van der Waals surface area contributed by atoms with E-state index in [4.69, 9.17) is 10.8 Å². The number of carboxylic acid groups (broad SMARTS) is 1. The minimum atomic E-state index is -0.800. The second-order valence-corrected chi connectivity index (χ2v) is 8.48. The van der Waals surface area contributed by atoms with Crippen LogP contribution in [0.15, 0.2) is 17.1 Å². The molecule has 5 N–H and O–H groups in total. The number of anilines is 1. The van der Waals surface area contributed by atoms with Crippen LogP contribution < -0.4 is 21.9 Å². The SMILES string of the molecule is CC(=O)N=c1c(C(N)=O)nc2cc(C)c(N[C@@H]3CCNC3)cc2n1CCCCCCC(=O)O. The topological polar surface area (TPSA) is 152 Å². The lowest BCUT2D eigenvalue weighted by molar-refractivity contribution is -0.137. The lowest BCUT2D eigenvalue weighted by atomic mass is 10.1. The van der Waals surface area contributed by atoms with Gasteiger partial charge in [0.1, 0.15) is 0 Å². The Morgan fingerprint density at radius 1 is 1.27 bits per heavy atom. The highest BCUT2D eigenvalue weighted by atomic mass is 16.4. The van der Waals surface area contributed by atoms with Crippen molar-refractivity contribution >= 4 is 34.5 Å². The largest absolute Gasteiger partial charge is 0.481 e. The van der Waals surface area contributed by atoms with Gasteiger partial charge in [0.25, 0.3) is 5.91 Å². The number of carbonyl (C=O) groups excluding carboxylic acids is 2. The zero-order valence-electron chi connectivity index (χ0n) is 19.2. The predicted octanol–water partition coefficient (Wildman–Crippen LogP) is 1.70. The summed E-state index contributed by atoms with van der Waals surface area (Å²) in [6.07, 6.45) is 4.09. The second-order valence-electron chi connectivity index (χ2n) is 8.48. The molecule has 0 saturated carbocycles. The zero-order valence-corrected chi connectivity index (χ0v) is 19.2. The Labute approximate surface area is 192 Å². The van der Waals surface area contributed by atoms with Crippen molar-refractivity contribution in [3.05, 3.63) is 28.9 Å². The smallest absolute Gasteiger partial charge is 0.303 e. The van der Waals surface area contributed by atoms with E-state index in [-0.39, 0.29) is 17.6 Å². The number of rotatable bonds is 10. The number of hydrogen-bond acceptors (Lipinski definition) is 6. The van der Waals surface area contributed by atoms with Crippen LogP contribution in [-0.2, 0) is 16.1 Å². The number of nitrogens with zero attached hydrogens (tertiary/aromatic N) is 3. The molecule has 0 unspecified atom stereocenters. The van der Waals surface area contributed by atoms with Crippen LogP contribution in [0.4, 0.5) is 5.69 Å². The van der Waals surface area contributed by atoms with E-state index >= 15 is 0 Å². The molecular weight excluding hydrogens is 424 g/mol. The highest BCUT2D eigenvalue weighted by molar-refractivity contribution is 5.93. The van der Waals surface area contributed by atoms with E-state index in [2.05, 4.69) is 20.6 Å². The molecule has 1 atom stereocenters. The number of aliphatic carboxylic acids is 1. The van der Waals surface area contributed by atoms with Crippen molar-refractivity contribution in [2.24, 2.45) is 10.7 Å². The summed E-state index contributed by atoms with van der Waals surface area (Å²) in [6.45, 7) is 5.65. The summed E-state index contributed by atoms with van der Waals surface area (Å²) in [6, 6.07) is 4.22. The van der Waals surface area contributed by atoms with Crippen LogP contribution in [0.1, 0.15) is 61.5 Å². The lowest BCUT2D eigenvalue weighted by Gasteiger charge is -2.19. The summed E-state index contributed by atoms with van der Waals surface area (Å²) >= 11 is 0. The van der Waals surface area contributed by atoms with Gasteiger partial charge >= 0.3 is 5.97 Å². The molecule has 3 rings (SSSR count). The lowest BCUT2D eigenvalue weighted by Crippen LogP contribution is -2.34. The number of fused-ring (bicyclic) bond motifs is 1. The van der Waals surface area contributed by atoms with Crippen molar-refractivity contribution in [1.82, 2.24) is 14.9 Å². The summed E-state index contributed by atoms with van der Waals surface area (Å²) < 4.78 is 1.83. The molecule has 2 aromatic rings. The van der Waals surface area contributed by atoms with E-state index in [9.17, 15) is 14.4 Å². The van der Waals surface area contributed by atoms with Gasteiger partial charge in [0.15, 0.2) is 11.2 Å². The maximum atomic E-state index is 12.2. The summed E-state index contributed by atoms with van der Waals surface area (Å²) in [5.41, 5.74) is 9.02. The number of benzene rings is 1. The van der Waals surface area contributed by atoms with Gasteiger partial charge in [-0.15, -0.1) is 0 Å². The monoisotopic (exact) mass is 456 g/mol. The average Bonchev–Trinajstić information content (AvgIpc) is 3.24. The molecule has 1 fully saturated rings. The molecule has 1 aliphatic rings. The van der Waals surface area contributed by atoms with Crippen LogP contribution in [0.25, 0.3) is 11.0 Å². The molecule has 1 aliphatic heterocycles. The maximum Gasteiger partial charge on any atom is 0.303 e. The fraction of sp³-hybridized carbons (Fsp3) is 0.522. The summed E-state index contributed by atoms with van der Waals surface area (Å²) in [5.74, 6) is -1.99. The molecular formula is C23H32N6O4. The third kappa shape index (κ3) is 6.38. The molecule has 1 saturated heterocycles. The molecule has 0 spiro atoms. The highest BCUT2D eigenvalue weighted by Crippen LogP contribution is 2.24. The molecule has 1 aromatic carbocycles. The first-order valence-corrected chi connectivity index (χ1v) is 11.4. The zero-order chi connectivity index (χ0) is 24.0. The van der Waals surface area contributed by atoms with Gasteiger partial charge in [-0.1, -0.05) is 12.8 Å². The van der Waals surface area contributed by atoms with E-state index in [1.807, 2.05) is 23.6 Å². The quantitative estimate of drug-likeness (QED) is 0.397. The van der Waals surface area contributed by atoms with Crippen molar-refractivity contribution in [3.63, 3.8) is 0 Å². The van der Waals surface area contributed by atoms with Crippen LogP contribution in [0.2, 0.25) is 0 Å². The van der Waals surface area contributed by atoms with Crippen molar-refractivity contribution in [1.29, 1.82) is 0 Å². The van der Waals surface area contributed by atoms with Gasteiger partial charge in [-0.2, -0.15) is 4.99 Å². The minimum Gasteiger partial charge on any atom is -0.481 e. The molecule has 178 valence electrons. The van der Waals surface area contributed by atoms with Gasteiger partial charge in [-0.05, 0) is 50.4 Å². The van der Waals surface area contributed by atoms with Crippen molar-refractivity contribution < 1.29 is 19.5 Å². The first-order valence-electron chi connectivity index (χ1n) is 11.4. The number of carboxylic acids is 1. The number of amides is 2. The summed E-state index contributed by atoms with van der Waals surface area (Å²) in [7, 11) is 0. The van der Waals surface area contributed by atoms with Crippen LogP contribution in [0.3, 0.4) is 0 Å². The molecule has 33 heavy (non-hydrogen) atoms. The summed E-state index contributed by atoms with van der Waals surface area (Å²) in [5, 5.41) is 15.7. The van der Waals surface area contributed by atoms with Crippen molar-refractivity contribution in [3.8, 4) is 0 Å². The van der Waals surface area contributed by atoms with Gasteiger partial charge in [-0.25, -0.2) is 4.98 Å². The number of nitrogens with two attached hydrogens (primary N) is 1. The molecule has 2 amide bonds. The van der Waals surface area contributed by atoms with Crippen LogP contribution in [0.5, 0.6) is 0 Å². The van der Waals surface area contributed by atoms with Gasteiger partial charge in [-0.3, -0.25) is 14.4 Å². The first-order chi connectivity index (χ1) is 15.8. The Hall–Kier alpha value is -3.27. The van der Waals surface area contributed by atoms with Crippen LogP contribution >= 0.6 is 0 Å².